The number of hydrogen-bond donors (Lipinski definition) is 1. The number of nitrogens with one attached hydrogen (secondary N) is 1. The number of thiophene rings is 1. The number of anilines is 2. The van der Waals surface area contributed by atoms with Crippen LogP contribution < -0.4 is 5.32 Å². The van der Waals surface area contributed by atoms with E-state index in [1.54, 1.807) is 17.7 Å². The zero-order valence-corrected chi connectivity index (χ0v) is 27.2. The van der Waals surface area contributed by atoms with Crippen LogP contribution in [0.3, 0.4) is 0 Å². The molecule has 0 radical (unpaired) electrons. The highest BCUT2D eigenvalue weighted by Gasteiger charge is 2.37. The molecule has 1 aliphatic rings. The smallest absolute Gasteiger partial charge is 0.192 e. The maximum atomic E-state index is 6.42. The summed E-state index contributed by atoms with van der Waals surface area (Å²) in [7, 11) is -1.78. The first-order chi connectivity index (χ1) is 20.7. The van der Waals surface area contributed by atoms with E-state index in [2.05, 4.69) is 103 Å². The minimum Gasteiger partial charge on any atom is -0.415 e. The summed E-state index contributed by atoms with van der Waals surface area (Å²) in [5, 5.41) is 15.6. The molecular formula is C33H37N7OSSi. The third-order valence-corrected chi connectivity index (χ3v) is 14.7. The fourth-order valence-corrected chi connectivity index (χ4v) is 7.79. The van der Waals surface area contributed by atoms with Crippen LogP contribution in [0.4, 0.5) is 11.5 Å². The minimum atomic E-state index is -1.78. The summed E-state index contributed by atoms with van der Waals surface area (Å²) in [5.41, 5.74) is 7.01. The second-order valence-corrected chi connectivity index (χ2v) is 18.7. The van der Waals surface area contributed by atoms with Gasteiger partial charge in [-0.1, -0.05) is 51.1 Å². The Morgan fingerprint density at radius 1 is 1.05 bits per heavy atom. The number of aryl methyl sites for hydroxylation is 2. The maximum absolute atomic E-state index is 6.42. The average molecular weight is 608 g/mol. The van der Waals surface area contributed by atoms with E-state index in [9.17, 15) is 0 Å². The first-order valence-electron chi connectivity index (χ1n) is 14.9. The topological polar surface area (TPSA) is 82.7 Å². The van der Waals surface area contributed by atoms with Crippen LogP contribution >= 0.6 is 11.3 Å². The van der Waals surface area contributed by atoms with Gasteiger partial charge in [-0.25, -0.2) is 9.97 Å². The van der Waals surface area contributed by atoms with Crippen LogP contribution in [0.15, 0.2) is 67.3 Å². The van der Waals surface area contributed by atoms with Crippen molar-refractivity contribution in [3.8, 4) is 10.4 Å². The van der Waals surface area contributed by atoms with Gasteiger partial charge in [0.15, 0.2) is 8.32 Å². The van der Waals surface area contributed by atoms with Crippen LogP contribution in [0.5, 0.6) is 0 Å². The number of rotatable bonds is 8. The van der Waals surface area contributed by atoms with E-state index in [1.807, 2.05) is 16.9 Å². The number of nitrogens with zero attached hydrogens (tertiary/aromatic N) is 6. The van der Waals surface area contributed by atoms with E-state index in [4.69, 9.17) is 14.5 Å². The van der Waals surface area contributed by atoms with E-state index >= 15 is 0 Å². The molecule has 0 atom stereocenters. The fraction of sp³-hybridized carbons (Fsp3) is 0.333. The van der Waals surface area contributed by atoms with Crippen LogP contribution in [-0.2, 0) is 30.4 Å². The first kappa shape index (κ1) is 27.9. The number of aromatic nitrogens is 6. The Balaban J connectivity index is 1.13. The van der Waals surface area contributed by atoms with E-state index in [-0.39, 0.29) is 5.04 Å². The lowest BCUT2D eigenvalue weighted by Crippen LogP contribution is -2.41. The molecule has 2 aromatic carbocycles. The lowest BCUT2D eigenvalue weighted by Gasteiger charge is -2.36. The Kier molecular flexibility index (Phi) is 6.95. The molecule has 0 unspecified atom stereocenters. The second kappa shape index (κ2) is 10.7. The van der Waals surface area contributed by atoms with Crippen LogP contribution in [0, 0.1) is 0 Å². The van der Waals surface area contributed by atoms with Crippen LogP contribution in [-0.4, -0.2) is 44.5 Å². The molecule has 0 spiro atoms. The molecule has 220 valence electrons. The molecule has 10 heteroatoms. The van der Waals surface area contributed by atoms with Gasteiger partial charge in [-0.2, -0.15) is 10.2 Å². The number of benzene rings is 2. The van der Waals surface area contributed by atoms with Crippen molar-refractivity contribution in [1.29, 1.82) is 0 Å². The van der Waals surface area contributed by atoms with Crippen molar-refractivity contribution in [2.75, 3.05) is 11.9 Å². The normalized spacial score (nSPS) is 13.4. The summed E-state index contributed by atoms with van der Waals surface area (Å²) in [5.74, 6) is 0.845. The highest BCUT2D eigenvalue weighted by Crippen LogP contribution is 2.45. The van der Waals surface area contributed by atoms with Gasteiger partial charge in [-0.3, -0.25) is 9.36 Å². The Bertz CT molecular complexity index is 1930. The molecule has 6 aromatic rings. The monoisotopic (exact) mass is 607 g/mol. The Labute approximate surface area is 256 Å². The standard InChI is InChI=1S/C33H37N7OSSi/c1-33(2,3)43(4,5)41-16-15-39-20-26-27(38-39)13-12-25-29-31(34-21-35-32(29)42-30(25)26)37-24-11-14-28-23(17-24)18-36-40(28)19-22-9-7-6-8-10-22/h6-11,14,17-18,20-21H,12-13,15-16,19H2,1-5H3,(H,34,35,37). The highest BCUT2D eigenvalue weighted by atomic mass is 32.1. The van der Waals surface area contributed by atoms with Crippen LogP contribution in [0.1, 0.15) is 37.6 Å². The van der Waals surface area contributed by atoms with Crippen molar-refractivity contribution in [2.24, 2.45) is 0 Å². The lowest BCUT2D eigenvalue weighted by atomic mass is 9.95. The molecule has 0 fully saturated rings. The Morgan fingerprint density at radius 3 is 2.70 bits per heavy atom. The van der Waals surface area contributed by atoms with Crippen LogP contribution in [0.2, 0.25) is 18.1 Å². The average Bonchev–Trinajstić information content (AvgIpc) is 3.68. The molecule has 0 amide bonds. The van der Waals surface area contributed by atoms with E-state index < -0.39 is 8.32 Å². The third kappa shape index (κ3) is 5.28. The van der Waals surface area contributed by atoms with Crippen molar-refractivity contribution < 1.29 is 4.43 Å². The fourth-order valence-electron chi connectivity index (χ4n) is 5.53. The number of fused-ring (bicyclic) bond motifs is 6. The molecule has 0 bridgehead atoms. The lowest BCUT2D eigenvalue weighted by molar-refractivity contribution is 0.265. The van der Waals surface area contributed by atoms with Gasteiger partial charge >= 0.3 is 0 Å². The van der Waals surface area contributed by atoms with Crippen molar-refractivity contribution in [3.05, 3.63) is 84.1 Å². The largest absolute Gasteiger partial charge is 0.415 e. The van der Waals surface area contributed by atoms with Gasteiger partial charge in [0, 0.05) is 27.7 Å². The Morgan fingerprint density at radius 2 is 1.88 bits per heavy atom. The van der Waals surface area contributed by atoms with Crippen molar-refractivity contribution >= 4 is 52.3 Å². The molecule has 0 saturated heterocycles. The minimum absolute atomic E-state index is 0.200. The maximum Gasteiger partial charge on any atom is 0.192 e. The summed E-state index contributed by atoms with van der Waals surface area (Å²) in [6, 6.07) is 16.8. The highest BCUT2D eigenvalue weighted by molar-refractivity contribution is 7.22. The molecule has 4 aromatic heterocycles. The van der Waals surface area contributed by atoms with Gasteiger partial charge in [0.05, 0.1) is 42.5 Å². The van der Waals surface area contributed by atoms with Crippen molar-refractivity contribution in [1.82, 2.24) is 29.5 Å². The number of hydrogen-bond acceptors (Lipinski definition) is 7. The molecular weight excluding hydrogens is 571 g/mol. The summed E-state index contributed by atoms with van der Waals surface area (Å²) in [6.07, 6.45) is 7.62. The summed E-state index contributed by atoms with van der Waals surface area (Å²) < 4.78 is 10.5. The van der Waals surface area contributed by atoms with E-state index in [1.165, 1.54) is 21.6 Å². The first-order valence-corrected chi connectivity index (χ1v) is 18.6. The van der Waals surface area contributed by atoms with Gasteiger partial charge in [-0.05, 0) is 60.3 Å². The van der Waals surface area contributed by atoms with Gasteiger partial charge in [0.25, 0.3) is 0 Å². The predicted molar refractivity (Wildman–Crippen MR) is 178 cm³/mol. The molecule has 1 N–H and O–H groups in total. The quantitative estimate of drug-likeness (QED) is 0.178. The van der Waals surface area contributed by atoms with Crippen molar-refractivity contribution in [3.63, 3.8) is 0 Å². The third-order valence-electron chi connectivity index (χ3n) is 8.95. The zero-order valence-electron chi connectivity index (χ0n) is 25.4. The molecule has 0 saturated carbocycles. The second-order valence-electron chi connectivity index (χ2n) is 12.9. The van der Waals surface area contributed by atoms with Gasteiger partial charge in [0.1, 0.15) is 17.0 Å². The summed E-state index contributed by atoms with van der Waals surface area (Å²) in [6.45, 7) is 13.6. The molecule has 4 heterocycles. The predicted octanol–water partition coefficient (Wildman–Crippen LogP) is 7.82. The van der Waals surface area contributed by atoms with E-state index in [0.717, 1.165) is 64.2 Å². The zero-order chi connectivity index (χ0) is 29.8. The molecule has 1 aliphatic carbocycles. The van der Waals surface area contributed by atoms with Gasteiger partial charge in [-0.15, -0.1) is 11.3 Å². The molecule has 0 aliphatic heterocycles. The van der Waals surface area contributed by atoms with Gasteiger partial charge < -0.3 is 9.74 Å². The van der Waals surface area contributed by atoms with Crippen molar-refractivity contribution in [2.45, 2.75) is 64.8 Å². The molecule has 7 rings (SSSR count). The molecule has 43 heavy (non-hydrogen) atoms. The van der Waals surface area contributed by atoms with Crippen LogP contribution in [0.25, 0.3) is 31.6 Å². The van der Waals surface area contributed by atoms with Gasteiger partial charge in [0.2, 0.25) is 0 Å². The van der Waals surface area contributed by atoms with E-state index in [0.29, 0.717) is 6.61 Å². The summed E-state index contributed by atoms with van der Waals surface area (Å²) in [4.78, 5) is 11.6. The molecule has 8 nitrogen and oxygen atoms in total. The SMILES string of the molecule is CC(C)(C)[Si](C)(C)OCCn1cc2c(n1)CCc1c-2sc2ncnc(Nc3ccc4c(cnn4Cc4ccccc4)c3)c12. The summed E-state index contributed by atoms with van der Waals surface area (Å²) >= 11 is 1.74. The Hall–Kier alpha value is -3.86.